The molecule has 1 amide bonds. The molecule has 7 nitrogen and oxygen atoms in total. The second kappa shape index (κ2) is 6.07. The van der Waals surface area contributed by atoms with Gasteiger partial charge in [0.2, 0.25) is 5.91 Å². The number of carbonyl (C=O) groups excluding carboxylic acids is 1. The summed E-state index contributed by atoms with van der Waals surface area (Å²) in [7, 11) is 0. The van der Waals surface area contributed by atoms with Crippen molar-refractivity contribution in [3.05, 3.63) is 11.8 Å². The molecule has 19 heavy (non-hydrogen) atoms. The number of rotatable bonds is 4. The number of hydrogen-bond acceptors (Lipinski definition) is 6. The van der Waals surface area contributed by atoms with Crippen LogP contribution in [0.4, 0.5) is 5.82 Å². The maximum atomic E-state index is 11.8. The van der Waals surface area contributed by atoms with Crippen molar-refractivity contribution in [2.24, 2.45) is 0 Å². The Bertz CT molecular complexity index is 476. The summed E-state index contributed by atoms with van der Waals surface area (Å²) >= 11 is 1.59. The Labute approximate surface area is 114 Å². The lowest BCUT2D eigenvalue weighted by Gasteiger charge is -2.31. The zero-order valence-corrected chi connectivity index (χ0v) is 11.3. The van der Waals surface area contributed by atoms with E-state index in [1.54, 1.807) is 29.7 Å². The summed E-state index contributed by atoms with van der Waals surface area (Å²) in [4.78, 5) is 24.6. The van der Waals surface area contributed by atoms with Crippen LogP contribution >= 0.6 is 11.8 Å². The zero-order valence-electron chi connectivity index (χ0n) is 10.5. The van der Waals surface area contributed by atoms with E-state index in [1.807, 2.05) is 0 Å². The minimum atomic E-state index is -0.891. The molecule has 0 radical (unpaired) electrons. The number of amides is 1. The van der Waals surface area contributed by atoms with Gasteiger partial charge in [0.1, 0.15) is 11.8 Å². The Morgan fingerprint density at radius 3 is 3.11 bits per heavy atom. The quantitative estimate of drug-likeness (QED) is 0.827. The fraction of sp³-hybridized carbons (Fsp3) is 0.545. The first-order chi connectivity index (χ1) is 9.06. The lowest BCUT2D eigenvalue weighted by Crippen LogP contribution is -2.50. The lowest BCUT2D eigenvalue weighted by molar-refractivity contribution is -0.142. The first-order valence-corrected chi connectivity index (χ1v) is 6.99. The third-order valence-electron chi connectivity index (χ3n) is 2.77. The van der Waals surface area contributed by atoms with Crippen LogP contribution in [0, 0.1) is 6.92 Å². The molecule has 1 fully saturated rings. The van der Waals surface area contributed by atoms with Gasteiger partial charge in [-0.1, -0.05) is 5.16 Å². The smallest absolute Gasteiger partial charge is 0.321 e. The van der Waals surface area contributed by atoms with Crippen molar-refractivity contribution in [3.63, 3.8) is 0 Å². The second-order valence-electron chi connectivity index (χ2n) is 4.27. The van der Waals surface area contributed by atoms with Gasteiger partial charge in [-0.15, -0.1) is 0 Å². The summed E-state index contributed by atoms with van der Waals surface area (Å²) in [6.07, 6.45) is 0. The number of carboxylic acid groups (broad SMARTS) is 1. The van der Waals surface area contributed by atoms with E-state index in [0.29, 0.717) is 23.9 Å². The van der Waals surface area contributed by atoms with Crippen LogP contribution in [-0.2, 0) is 9.59 Å². The molecular weight excluding hydrogens is 270 g/mol. The van der Waals surface area contributed by atoms with Crippen molar-refractivity contribution in [3.8, 4) is 0 Å². The number of carbonyl (C=O) groups is 2. The van der Waals surface area contributed by atoms with Gasteiger partial charge < -0.3 is 14.9 Å². The van der Waals surface area contributed by atoms with Gasteiger partial charge in [-0.05, 0) is 6.92 Å². The first-order valence-electron chi connectivity index (χ1n) is 5.84. The molecule has 1 aliphatic rings. The molecule has 1 aromatic heterocycles. The largest absolute Gasteiger partial charge is 0.480 e. The van der Waals surface area contributed by atoms with E-state index in [2.05, 4.69) is 10.5 Å². The first kappa shape index (κ1) is 13.9. The van der Waals surface area contributed by atoms with E-state index < -0.39 is 12.0 Å². The van der Waals surface area contributed by atoms with Gasteiger partial charge >= 0.3 is 5.97 Å². The Morgan fingerprint density at radius 1 is 1.68 bits per heavy atom. The minimum Gasteiger partial charge on any atom is -0.480 e. The Balaban J connectivity index is 1.91. The van der Waals surface area contributed by atoms with E-state index in [9.17, 15) is 9.59 Å². The van der Waals surface area contributed by atoms with Gasteiger partial charge in [0, 0.05) is 24.1 Å². The summed E-state index contributed by atoms with van der Waals surface area (Å²) in [6.45, 7) is 2.36. The third kappa shape index (κ3) is 3.71. The number of thioether (sulfide) groups is 1. The second-order valence-corrected chi connectivity index (χ2v) is 5.42. The number of aliphatic carboxylic acids is 1. The highest BCUT2D eigenvalue weighted by Gasteiger charge is 2.30. The van der Waals surface area contributed by atoms with Crippen molar-refractivity contribution in [1.29, 1.82) is 0 Å². The van der Waals surface area contributed by atoms with Gasteiger partial charge in [0.15, 0.2) is 5.82 Å². The molecule has 1 aliphatic heterocycles. The zero-order chi connectivity index (χ0) is 13.8. The lowest BCUT2D eigenvalue weighted by atomic mass is 10.2. The van der Waals surface area contributed by atoms with Crippen LogP contribution in [0.2, 0.25) is 0 Å². The summed E-state index contributed by atoms with van der Waals surface area (Å²) in [6, 6.07) is 1.00. The topological polar surface area (TPSA) is 95.7 Å². The van der Waals surface area contributed by atoms with E-state index in [1.165, 1.54) is 0 Å². The van der Waals surface area contributed by atoms with Crippen LogP contribution in [0.15, 0.2) is 10.6 Å². The fourth-order valence-corrected chi connectivity index (χ4v) is 2.95. The number of carboxylic acids is 1. The highest BCUT2D eigenvalue weighted by atomic mass is 32.2. The van der Waals surface area contributed by atoms with Crippen LogP contribution < -0.4 is 5.32 Å². The highest BCUT2D eigenvalue weighted by molar-refractivity contribution is 7.99. The number of anilines is 1. The van der Waals surface area contributed by atoms with Crippen molar-refractivity contribution in [1.82, 2.24) is 10.1 Å². The predicted octanol–water partition coefficient (Wildman–Crippen LogP) is 0.424. The van der Waals surface area contributed by atoms with Crippen LogP contribution in [0.3, 0.4) is 0 Å². The number of aryl methyl sites for hydroxylation is 1. The average Bonchev–Trinajstić information content (AvgIpc) is 2.75. The van der Waals surface area contributed by atoms with E-state index in [-0.39, 0.29) is 12.5 Å². The monoisotopic (exact) mass is 285 g/mol. The Hall–Kier alpha value is -1.54. The molecule has 0 aliphatic carbocycles. The molecule has 1 saturated heterocycles. The van der Waals surface area contributed by atoms with Crippen molar-refractivity contribution >= 4 is 29.5 Å². The van der Waals surface area contributed by atoms with Gasteiger partial charge in [-0.25, -0.2) is 0 Å². The summed E-state index contributed by atoms with van der Waals surface area (Å²) in [5.41, 5.74) is 0. The Morgan fingerprint density at radius 2 is 2.47 bits per heavy atom. The summed E-state index contributed by atoms with van der Waals surface area (Å²) < 4.78 is 4.84. The molecule has 104 valence electrons. The summed E-state index contributed by atoms with van der Waals surface area (Å²) in [5, 5.41) is 15.3. The van der Waals surface area contributed by atoms with Crippen molar-refractivity contribution in [2.45, 2.75) is 13.0 Å². The maximum absolute atomic E-state index is 11.8. The number of nitrogens with one attached hydrogen (secondary N) is 1. The number of nitrogens with zero attached hydrogens (tertiary/aromatic N) is 2. The number of hydrogen-bond donors (Lipinski definition) is 2. The van der Waals surface area contributed by atoms with Gasteiger partial charge in [-0.3, -0.25) is 14.5 Å². The molecule has 0 aromatic carbocycles. The summed E-state index contributed by atoms with van der Waals surface area (Å²) in [5.74, 6) is 1.11. The van der Waals surface area contributed by atoms with E-state index in [0.717, 1.165) is 5.75 Å². The van der Waals surface area contributed by atoms with Gasteiger partial charge in [0.05, 0.1) is 6.54 Å². The van der Waals surface area contributed by atoms with Gasteiger partial charge in [0.25, 0.3) is 0 Å². The minimum absolute atomic E-state index is 0.0451. The molecule has 1 atom stereocenters. The third-order valence-corrected chi connectivity index (χ3v) is 3.79. The molecule has 2 rings (SSSR count). The van der Waals surface area contributed by atoms with Crippen molar-refractivity contribution in [2.75, 3.05) is 29.9 Å². The maximum Gasteiger partial charge on any atom is 0.321 e. The molecule has 0 bridgehead atoms. The Kier molecular flexibility index (Phi) is 4.43. The van der Waals surface area contributed by atoms with Crippen LogP contribution in [0.5, 0.6) is 0 Å². The average molecular weight is 285 g/mol. The molecular formula is C11H15N3O4S. The molecule has 2 heterocycles. The highest BCUT2D eigenvalue weighted by Crippen LogP contribution is 2.16. The van der Waals surface area contributed by atoms with Crippen LogP contribution in [0.1, 0.15) is 5.76 Å². The number of aromatic nitrogens is 1. The van der Waals surface area contributed by atoms with E-state index >= 15 is 0 Å². The van der Waals surface area contributed by atoms with Crippen molar-refractivity contribution < 1.29 is 19.2 Å². The standard InChI is InChI=1S/C11H15N3O4S/c1-7-4-9(13-18-7)12-10(15)5-14-2-3-19-6-8(14)11(16)17/h4,8H,2-3,5-6H2,1H3,(H,16,17)(H,12,13,15). The molecule has 8 heteroatoms. The molecule has 1 unspecified atom stereocenters. The molecule has 0 spiro atoms. The van der Waals surface area contributed by atoms with Crippen LogP contribution in [0.25, 0.3) is 0 Å². The molecule has 1 aromatic rings. The normalized spacial score (nSPS) is 20.2. The molecule has 0 saturated carbocycles. The predicted molar refractivity (Wildman–Crippen MR) is 70.2 cm³/mol. The SMILES string of the molecule is Cc1cc(NC(=O)CN2CCSCC2C(=O)O)no1. The van der Waals surface area contributed by atoms with Gasteiger partial charge in [-0.2, -0.15) is 11.8 Å². The fourth-order valence-electron chi connectivity index (χ4n) is 1.85. The molecule has 2 N–H and O–H groups in total. The van der Waals surface area contributed by atoms with E-state index in [4.69, 9.17) is 9.63 Å². The van der Waals surface area contributed by atoms with Crippen LogP contribution in [-0.4, -0.2) is 57.7 Å².